The number of aryl methyl sites for hydroxylation is 1. The van der Waals surface area contributed by atoms with Crippen LogP contribution in [0.25, 0.3) is 0 Å². The summed E-state index contributed by atoms with van der Waals surface area (Å²) in [6, 6.07) is 16.8. The van der Waals surface area contributed by atoms with Crippen LogP contribution < -0.4 is 4.74 Å². The second-order valence-electron chi connectivity index (χ2n) is 7.37. The maximum atomic E-state index is 13.4. The van der Waals surface area contributed by atoms with Gasteiger partial charge in [0, 0.05) is 29.7 Å². The number of ether oxygens (including phenoxy) is 1. The standard InChI is InChI=1S/C24H21NO7S/c1-16-6-12-21(13-7-16)33(30,31)23(24(27)17-8-10-20(32-2)11-9-17)15-22(26)18-4-3-5-19(14-18)25(28)29/h3-14,23H,15H2,1-2H3/t23-/m0/s1. The topological polar surface area (TPSA) is 121 Å². The zero-order valence-electron chi connectivity index (χ0n) is 17.9. The number of carbonyl (C=O) groups is 2. The number of nitro benzene ring substituents is 1. The largest absolute Gasteiger partial charge is 0.497 e. The molecule has 8 nitrogen and oxygen atoms in total. The number of benzene rings is 3. The van der Waals surface area contributed by atoms with Crippen LogP contribution in [0.4, 0.5) is 5.69 Å². The molecule has 0 radical (unpaired) electrons. The molecule has 170 valence electrons. The molecule has 0 saturated carbocycles. The number of hydrogen-bond acceptors (Lipinski definition) is 7. The van der Waals surface area contributed by atoms with Gasteiger partial charge in [-0.25, -0.2) is 8.42 Å². The van der Waals surface area contributed by atoms with Crippen LogP contribution in [0.1, 0.15) is 32.7 Å². The molecular formula is C24H21NO7S. The van der Waals surface area contributed by atoms with E-state index in [1.807, 2.05) is 0 Å². The smallest absolute Gasteiger partial charge is 0.270 e. The molecule has 0 aromatic heterocycles. The summed E-state index contributed by atoms with van der Waals surface area (Å²) in [4.78, 5) is 36.5. The summed E-state index contributed by atoms with van der Waals surface area (Å²) in [5, 5.41) is 9.34. The van der Waals surface area contributed by atoms with E-state index in [0.717, 1.165) is 11.6 Å². The highest BCUT2D eigenvalue weighted by atomic mass is 32.2. The molecule has 0 bridgehead atoms. The van der Waals surface area contributed by atoms with Gasteiger partial charge >= 0.3 is 0 Å². The minimum atomic E-state index is -4.25. The third-order valence-electron chi connectivity index (χ3n) is 5.14. The Morgan fingerprint density at radius 3 is 2.18 bits per heavy atom. The number of carbonyl (C=O) groups excluding carboxylic acids is 2. The van der Waals surface area contributed by atoms with Gasteiger partial charge in [0.2, 0.25) is 0 Å². The molecule has 3 aromatic rings. The summed E-state index contributed by atoms with van der Waals surface area (Å²) < 4.78 is 31.9. The summed E-state index contributed by atoms with van der Waals surface area (Å²) in [6.45, 7) is 1.79. The minimum Gasteiger partial charge on any atom is -0.497 e. The van der Waals surface area contributed by atoms with E-state index in [0.29, 0.717) is 5.75 Å². The predicted octanol–water partition coefficient (Wildman–Crippen LogP) is 4.21. The number of rotatable bonds is 9. The fourth-order valence-electron chi connectivity index (χ4n) is 3.26. The first-order chi connectivity index (χ1) is 15.6. The Labute approximate surface area is 190 Å². The number of non-ortho nitro benzene ring substituents is 1. The lowest BCUT2D eigenvalue weighted by Gasteiger charge is -2.17. The van der Waals surface area contributed by atoms with Crippen molar-refractivity contribution in [2.24, 2.45) is 0 Å². The van der Waals surface area contributed by atoms with Crippen molar-refractivity contribution in [3.63, 3.8) is 0 Å². The van der Waals surface area contributed by atoms with E-state index < -0.39 is 38.0 Å². The zero-order chi connectivity index (χ0) is 24.2. The van der Waals surface area contributed by atoms with Gasteiger partial charge in [-0.15, -0.1) is 0 Å². The Hall–Kier alpha value is -3.85. The quantitative estimate of drug-likeness (QED) is 0.262. The van der Waals surface area contributed by atoms with Crippen LogP contribution in [0, 0.1) is 17.0 Å². The first-order valence-corrected chi connectivity index (χ1v) is 11.4. The highest BCUT2D eigenvalue weighted by molar-refractivity contribution is 7.92. The van der Waals surface area contributed by atoms with E-state index in [4.69, 9.17) is 4.74 Å². The van der Waals surface area contributed by atoms with Crippen molar-refractivity contribution in [3.8, 4) is 5.75 Å². The molecule has 0 aliphatic rings. The molecule has 0 amide bonds. The lowest BCUT2D eigenvalue weighted by molar-refractivity contribution is -0.384. The normalized spacial score (nSPS) is 12.1. The van der Waals surface area contributed by atoms with Crippen molar-refractivity contribution in [2.75, 3.05) is 7.11 Å². The molecule has 0 N–H and O–H groups in total. The summed E-state index contributed by atoms with van der Waals surface area (Å²) in [5.41, 5.74) is 0.582. The first kappa shape index (κ1) is 23.8. The third kappa shape index (κ3) is 5.32. The Bertz CT molecular complexity index is 1300. The van der Waals surface area contributed by atoms with Gasteiger partial charge in [0.15, 0.2) is 21.4 Å². The maximum absolute atomic E-state index is 13.4. The third-order valence-corrected chi connectivity index (χ3v) is 7.20. The Morgan fingerprint density at radius 2 is 1.61 bits per heavy atom. The zero-order valence-corrected chi connectivity index (χ0v) is 18.7. The van der Waals surface area contributed by atoms with Crippen molar-refractivity contribution < 1.29 is 27.7 Å². The van der Waals surface area contributed by atoms with Crippen LogP contribution in [0.15, 0.2) is 77.7 Å². The second-order valence-corrected chi connectivity index (χ2v) is 9.50. The van der Waals surface area contributed by atoms with Crippen LogP contribution in [0.3, 0.4) is 0 Å². The average Bonchev–Trinajstić information content (AvgIpc) is 2.82. The Balaban J connectivity index is 2.03. The van der Waals surface area contributed by atoms with Gasteiger partial charge in [0.25, 0.3) is 5.69 Å². The fourth-order valence-corrected chi connectivity index (χ4v) is 4.89. The van der Waals surface area contributed by atoms with Crippen LogP contribution in [0.5, 0.6) is 5.75 Å². The molecule has 0 fully saturated rings. The lowest BCUT2D eigenvalue weighted by atomic mass is 10.0. The summed E-state index contributed by atoms with van der Waals surface area (Å²) >= 11 is 0. The predicted molar refractivity (Wildman–Crippen MR) is 122 cm³/mol. The molecule has 0 spiro atoms. The van der Waals surface area contributed by atoms with Crippen LogP contribution in [0.2, 0.25) is 0 Å². The van der Waals surface area contributed by atoms with Crippen molar-refractivity contribution in [1.29, 1.82) is 0 Å². The number of sulfone groups is 1. The van der Waals surface area contributed by atoms with Gasteiger partial charge in [0.1, 0.15) is 11.0 Å². The van der Waals surface area contributed by atoms with E-state index in [2.05, 4.69) is 0 Å². The Kier molecular flexibility index (Phi) is 7.03. The van der Waals surface area contributed by atoms with Gasteiger partial charge in [-0.2, -0.15) is 0 Å². The highest BCUT2D eigenvalue weighted by Crippen LogP contribution is 2.26. The second kappa shape index (κ2) is 9.74. The Morgan fingerprint density at radius 1 is 0.970 bits per heavy atom. The van der Waals surface area contributed by atoms with E-state index in [-0.39, 0.29) is 21.7 Å². The molecule has 0 aliphatic carbocycles. The molecule has 9 heteroatoms. The molecular weight excluding hydrogens is 446 g/mol. The molecule has 3 rings (SSSR count). The number of Topliss-reactive ketones (excluding diaryl/α,β-unsaturated/α-hetero) is 2. The number of hydrogen-bond donors (Lipinski definition) is 0. The lowest BCUT2D eigenvalue weighted by Crippen LogP contribution is -2.33. The van der Waals surface area contributed by atoms with E-state index >= 15 is 0 Å². The van der Waals surface area contributed by atoms with Crippen LogP contribution in [-0.4, -0.2) is 37.3 Å². The molecule has 1 atom stereocenters. The highest BCUT2D eigenvalue weighted by Gasteiger charge is 2.36. The molecule has 0 aliphatic heterocycles. The maximum Gasteiger partial charge on any atom is 0.270 e. The SMILES string of the molecule is COc1ccc(C(=O)[C@H](CC(=O)c2cccc([N+](=O)[O-])c2)S(=O)(=O)c2ccc(C)cc2)cc1. The molecule has 0 heterocycles. The summed E-state index contributed by atoms with van der Waals surface area (Å²) in [6.07, 6.45) is -0.664. The van der Waals surface area contributed by atoms with Crippen molar-refractivity contribution >= 4 is 27.1 Å². The first-order valence-electron chi connectivity index (χ1n) is 9.90. The van der Waals surface area contributed by atoms with Gasteiger partial charge < -0.3 is 4.74 Å². The van der Waals surface area contributed by atoms with Crippen molar-refractivity contribution in [2.45, 2.75) is 23.5 Å². The number of methoxy groups -OCH3 is 1. The molecule has 0 saturated heterocycles. The van der Waals surface area contributed by atoms with Gasteiger partial charge in [-0.3, -0.25) is 19.7 Å². The van der Waals surface area contributed by atoms with Gasteiger partial charge in [-0.05, 0) is 43.3 Å². The van der Waals surface area contributed by atoms with Crippen LogP contribution >= 0.6 is 0 Å². The van der Waals surface area contributed by atoms with Gasteiger partial charge in [0.05, 0.1) is 16.9 Å². The summed E-state index contributed by atoms with van der Waals surface area (Å²) in [7, 11) is -2.79. The van der Waals surface area contributed by atoms with Gasteiger partial charge in [-0.1, -0.05) is 29.8 Å². The number of nitro groups is 1. The monoisotopic (exact) mass is 467 g/mol. The van der Waals surface area contributed by atoms with E-state index in [9.17, 15) is 28.1 Å². The number of nitrogens with zero attached hydrogens (tertiary/aromatic N) is 1. The van der Waals surface area contributed by atoms with E-state index in [1.165, 1.54) is 61.7 Å². The molecule has 33 heavy (non-hydrogen) atoms. The molecule has 0 unspecified atom stereocenters. The fraction of sp³-hybridized carbons (Fsp3) is 0.167. The molecule has 3 aromatic carbocycles. The average molecular weight is 467 g/mol. The number of ketones is 2. The summed E-state index contributed by atoms with van der Waals surface area (Å²) in [5.74, 6) is -0.963. The minimum absolute atomic E-state index is 0.0455. The van der Waals surface area contributed by atoms with Crippen LogP contribution in [-0.2, 0) is 9.84 Å². The van der Waals surface area contributed by atoms with E-state index in [1.54, 1.807) is 19.1 Å². The van der Waals surface area contributed by atoms with Crippen molar-refractivity contribution in [3.05, 3.63) is 99.6 Å². The van der Waals surface area contributed by atoms with Crippen molar-refractivity contribution in [1.82, 2.24) is 0 Å².